The second kappa shape index (κ2) is 7.13. The van der Waals surface area contributed by atoms with Crippen LogP contribution in [0, 0.1) is 6.92 Å². The Balaban J connectivity index is 1.94. The molecule has 23 heavy (non-hydrogen) atoms. The van der Waals surface area contributed by atoms with E-state index in [1.807, 2.05) is 70.3 Å². The fourth-order valence-corrected chi connectivity index (χ4v) is 1.92. The number of amides is 1. The van der Waals surface area contributed by atoms with Gasteiger partial charge in [0.2, 0.25) is 0 Å². The number of hydrogen-bond donors (Lipinski definition) is 2. The number of aryl methyl sites for hydroxylation is 1. The Morgan fingerprint density at radius 1 is 1.17 bits per heavy atom. The number of rotatable bonds is 4. The van der Waals surface area contributed by atoms with E-state index in [2.05, 4.69) is 15.6 Å². The maximum atomic E-state index is 11.8. The van der Waals surface area contributed by atoms with Crippen molar-refractivity contribution in [2.45, 2.75) is 39.8 Å². The molecule has 5 nitrogen and oxygen atoms in total. The van der Waals surface area contributed by atoms with E-state index in [4.69, 9.17) is 4.74 Å². The van der Waals surface area contributed by atoms with Crippen LogP contribution in [-0.4, -0.2) is 16.7 Å². The van der Waals surface area contributed by atoms with Crippen molar-refractivity contribution in [3.63, 3.8) is 0 Å². The molecule has 0 fully saturated rings. The topological polar surface area (TPSA) is 63.2 Å². The molecule has 122 valence electrons. The third kappa shape index (κ3) is 5.98. The van der Waals surface area contributed by atoms with Gasteiger partial charge in [0.15, 0.2) is 0 Å². The van der Waals surface area contributed by atoms with Crippen LogP contribution in [0.1, 0.15) is 32.0 Å². The summed E-state index contributed by atoms with van der Waals surface area (Å²) in [6.07, 6.45) is 1.38. The van der Waals surface area contributed by atoms with Gasteiger partial charge in [0.05, 0.1) is 12.2 Å². The number of aromatic nitrogens is 1. The van der Waals surface area contributed by atoms with Crippen molar-refractivity contribution in [3.05, 3.63) is 53.9 Å². The van der Waals surface area contributed by atoms with Gasteiger partial charge < -0.3 is 10.1 Å². The number of carbonyl (C=O) groups excluding carboxylic acids is 1. The van der Waals surface area contributed by atoms with Crippen molar-refractivity contribution in [2.75, 3.05) is 10.6 Å². The lowest BCUT2D eigenvalue weighted by Crippen LogP contribution is -2.27. The molecular formula is C18H23N3O2. The monoisotopic (exact) mass is 313 g/mol. The minimum atomic E-state index is -0.517. The van der Waals surface area contributed by atoms with E-state index in [-0.39, 0.29) is 0 Å². The molecule has 0 unspecified atom stereocenters. The molecule has 0 radical (unpaired) electrons. The molecule has 1 heterocycles. The van der Waals surface area contributed by atoms with E-state index in [1.165, 1.54) is 0 Å². The van der Waals surface area contributed by atoms with Crippen LogP contribution in [0.25, 0.3) is 0 Å². The Kier molecular flexibility index (Phi) is 5.21. The molecule has 2 rings (SSSR count). The molecule has 0 atom stereocenters. The van der Waals surface area contributed by atoms with Gasteiger partial charge in [-0.15, -0.1) is 0 Å². The highest BCUT2D eigenvalue weighted by atomic mass is 16.6. The summed E-state index contributed by atoms with van der Waals surface area (Å²) in [6, 6.07) is 11.5. The molecule has 0 bridgehead atoms. The minimum Gasteiger partial charge on any atom is -0.444 e. The summed E-state index contributed by atoms with van der Waals surface area (Å²) in [6.45, 7) is 8.13. The van der Waals surface area contributed by atoms with Gasteiger partial charge in [-0.05, 0) is 57.5 Å². The predicted octanol–water partition coefficient (Wildman–Crippen LogP) is 4.35. The lowest BCUT2D eigenvalue weighted by molar-refractivity contribution is 0.0636. The smallest absolute Gasteiger partial charge is 0.412 e. The average molecular weight is 313 g/mol. The highest BCUT2D eigenvalue weighted by molar-refractivity contribution is 5.85. The maximum Gasteiger partial charge on any atom is 0.412 e. The van der Waals surface area contributed by atoms with Gasteiger partial charge in [-0.25, -0.2) is 4.79 Å². The number of benzene rings is 1. The standard InChI is InChI=1S/C18H23N3O2/c1-13-8-9-16(19-11-13)12-20-14-6-5-7-15(10-14)21-17(22)23-18(2,3)4/h5-11,20H,12H2,1-4H3,(H,21,22). The summed E-state index contributed by atoms with van der Waals surface area (Å²) >= 11 is 0. The van der Waals surface area contributed by atoms with Gasteiger partial charge in [-0.1, -0.05) is 12.1 Å². The van der Waals surface area contributed by atoms with Gasteiger partial charge in [-0.2, -0.15) is 0 Å². The Hall–Kier alpha value is -2.56. The van der Waals surface area contributed by atoms with Gasteiger partial charge in [-0.3, -0.25) is 10.3 Å². The van der Waals surface area contributed by atoms with Gasteiger partial charge in [0.25, 0.3) is 0 Å². The van der Waals surface area contributed by atoms with E-state index >= 15 is 0 Å². The SMILES string of the molecule is Cc1ccc(CNc2cccc(NC(=O)OC(C)(C)C)c2)nc1. The number of nitrogens with one attached hydrogen (secondary N) is 2. The van der Waals surface area contributed by atoms with Crippen molar-refractivity contribution in [3.8, 4) is 0 Å². The van der Waals surface area contributed by atoms with Crippen molar-refractivity contribution < 1.29 is 9.53 Å². The number of nitrogens with zero attached hydrogens (tertiary/aromatic N) is 1. The Bertz CT molecular complexity index is 661. The molecule has 0 aliphatic heterocycles. The molecular weight excluding hydrogens is 290 g/mol. The molecule has 0 aliphatic rings. The van der Waals surface area contributed by atoms with Gasteiger partial charge in [0, 0.05) is 17.6 Å². The van der Waals surface area contributed by atoms with Crippen LogP contribution >= 0.6 is 0 Å². The summed E-state index contributed by atoms with van der Waals surface area (Å²) in [4.78, 5) is 16.1. The van der Waals surface area contributed by atoms with Gasteiger partial charge in [0.1, 0.15) is 5.60 Å². The lowest BCUT2D eigenvalue weighted by atomic mass is 10.2. The quantitative estimate of drug-likeness (QED) is 0.881. The molecule has 1 aromatic heterocycles. The zero-order chi connectivity index (χ0) is 16.9. The summed E-state index contributed by atoms with van der Waals surface area (Å²) in [5.41, 5.74) is 3.16. The number of hydrogen-bond acceptors (Lipinski definition) is 4. The first kappa shape index (κ1) is 16.8. The molecule has 5 heteroatoms. The van der Waals surface area contributed by atoms with Crippen LogP contribution in [0.5, 0.6) is 0 Å². The minimum absolute atomic E-state index is 0.463. The fourth-order valence-electron chi connectivity index (χ4n) is 1.92. The third-order valence-electron chi connectivity index (χ3n) is 2.95. The Labute approximate surface area is 137 Å². The predicted molar refractivity (Wildman–Crippen MR) is 92.6 cm³/mol. The average Bonchev–Trinajstić information content (AvgIpc) is 2.45. The first-order chi connectivity index (χ1) is 10.8. The molecule has 0 aliphatic carbocycles. The van der Waals surface area contributed by atoms with Crippen molar-refractivity contribution >= 4 is 17.5 Å². The zero-order valence-corrected chi connectivity index (χ0v) is 14.0. The van der Waals surface area contributed by atoms with Crippen LogP contribution in [-0.2, 0) is 11.3 Å². The summed E-state index contributed by atoms with van der Waals surface area (Å²) in [5.74, 6) is 0. The second-order valence-electron chi connectivity index (χ2n) is 6.39. The van der Waals surface area contributed by atoms with Crippen LogP contribution in [0.3, 0.4) is 0 Å². The van der Waals surface area contributed by atoms with Crippen molar-refractivity contribution in [2.24, 2.45) is 0 Å². The molecule has 0 saturated heterocycles. The van der Waals surface area contributed by atoms with Crippen molar-refractivity contribution in [1.29, 1.82) is 0 Å². The number of pyridine rings is 1. The number of ether oxygens (including phenoxy) is 1. The number of carbonyl (C=O) groups is 1. The summed E-state index contributed by atoms with van der Waals surface area (Å²) in [7, 11) is 0. The van der Waals surface area contributed by atoms with E-state index in [0.717, 1.165) is 16.9 Å². The van der Waals surface area contributed by atoms with Crippen LogP contribution < -0.4 is 10.6 Å². The second-order valence-corrected chi connectivity index (χ2v) is 6.39. The van der Waals surface area contributed by atoms with E-state index in [9.17, 15) is 4.79 Å². The third-order valence-corrected chi connectivity index (χ3v) is 2.95. The van der Waals surface area contributed by atoms with E-state index in [0.29, 0.717) is 12.2 Å². The highest BCUT2D eigenvalue weighted by Crippen LogP contribution is 2.17. The largest absolute Gasteiger partial charge is 0.444 e. The van der Waals surface area contributed by atoms with Crippen LogP contribution in [0.2, 0.25) is 0 Å². The summed E-state index contributed by atoms with van der Waals surface area (Å²) < 4.78 is 5.24. The number of anilines is 2. The molecule has 2 N–H and O–H groups in total. The molecule has 2 aromatic rings. The zero-order valence-electron chi connectivity index (χ0n) is 14.0. The first-order valence-corrected chi connectivity index (χ1v) is 7.57. The Morgan fingerprint density at radius 2 is 1.91 bits per heavy atom. The van der Waals surface area contributed by atoms with Crippen LogP contribution in [0.4, 0.5) is 16.2 Å². The lowest BCUT2D eigenvalue weighted by Gasteiger charge is -2.19. The fraction of sp³-hybridized carbons (Fsp3) is 0.333. The summed E-state index contributed by atoms with van der Waals surface area (Å²) in [5, 5.41) is 6.02. The van der Waals surface area contributed by atoms with Crippen molar-refractivity contribution in [1.82, 2.24) is 4.98 Å². The van der Waals surface area contributed by atoms with E-state index in [1.54, 1.807) is 0 Å². The highest BCUT2D eigenvalue weighted by Gasteiger charge is 2.16. The maximum absolute atomic E-state index is 11.8. The van der Waals surface area contributed by atoms with Crippen LogP contribution in [0.15, 0.2) is 42.6 Å². The first-order valence-electron chi connectivity index (χ1n) is 7.57. The molecule has 1 aromatic carbocycles. The normalized spacial score (nSPS) is 11.0. The van der Waals surface area contributed by atoms with Gasteiger partial charge >= 0.3 is 6.09 Å². The molecule has 0 saturated carbocycles. The van der Waals surface area contributed by atoms with E-state index < -0.39 is 11.7 Å². The Morgan fingerprint density at radius 3 is 2.57 bits per heavy atom. The molecule has 0 spiro atoms. The molecule has 1 amide bonds.